The van der Waals surface area contributed by atoms with Gasteiger partial charge < -0.3 is 15.7 Å². The number of hydrogen-bond acceptors (Lipinski definition) is 3. The third-order valence-corrected chi connectivity index (χ3v) is 3.30. The summed E-state index contributed by atoms with van der Waals surface area (Å²) in [4.78, 5) is 11.9. The van der Waals surface area contributed by atoms with Crippen LogP contribution in [0.3, 0.4) is 0 Å². The molecule has 1 aliphatic heterocycles. The molecule has 0 bridgehead atoms. The normalized spacial score (nSPS) is 23.0. The van der Waals surface area contributed by atoms with Crippen molar-refractivity contribution in [1.82, 2.24) is 10.6 Å². The summed E-state index contributed by atoms with van der Waals surface area (Å²) < 4.78 is 13.0. The van der Waals surface area contributed by atoms with Gasteiger partial charge in [0.05, 0.1) is 5.56 Å². The summed E-state index contributed by atoms with van der Waals surface area (Å²) in [5, 5.41) is 15.6. The molecule has 1 aromatic carbocycles. The number of rotatable bonds is 3. The van der Waals surface area contributed by atoms with Crippen LogP contribution in [0.25, 0.3) is 0 Å². The van der Waals surface area contributed by atoms with Crippen molar-refractivity contribution >= 4 is 5.91 Å². The highest BCUT2D eigenvalue weighted by Crippen LogP contribution is 2.20. The summed E-state index contributed by atoms with van der Waals surface area (Å²) >= 11 is 0. The molecular formula is C13H17FN2O2. The van der Waals surface area contributed by atoms with Crippen LogP contribution >= 0.6 is 0 Å². The zero-order chi connectivity index (χ0) is 13.2. The van der Waals surface area contributed by atoms with Gasteiger partial charge in [0, 0.05) is 12.1 Å². The third-order valence-electron chi connectivity index (χ3n) is 3.30. The summed E-state index contributed by atoms with van der Waals surface area (Å²) in [6.45, 7) is 3.44. The Bertz CT molecular complexity index is 456. The maximum atomic E-state index is 13.0. The zero-order valence-corrected chi connectivity index (χ0v) is 10.3. The van der Waals surface area contributed by atoms with Crippen LogP contribution in [0.2, 0.25) is 0 Å². The second-order valence-electron chi connectivity index (χ2n) is 4.94. The third kappa shape index (κ3) is 2.79. The maximum Gasteiger partial charge on any atom is 0.255 e. The molecule has 3 N–H and O–H groups in total. The number of hydrogen-bond donors (Lipinski definition) is 3. The minimum atomic E-state index is -0.539. The first-order valence-electron chi connectivity index (χ1n) is 6.02. The lowest BCUT2D eigenvalue weighted by Crippen LogP contribution is -2.47. The fourth-order valence-corrected chi connectivity index (χ4v) is 2.17. The van der Waals surface area contributed by atoms with Gasteiger partial charge >= 0.3 is 0 Å². The SMILES string of the molecule is CC1(CNC(=O)c2cc(F)ccc2O)CCCN1. The Morgan fingerprint density at radius 3 is 3.06 bits per heavy atom. The Balaban J connectivity index is 2.01. The minimum Gasteiger partial charge on any atom is -0.507 e. The monoisotopic (exact) mass is 252 g/mol. The zero-order valence-electron chi connectivity index (χ0n) is 10.3. The molecule has 1 saturated heterocycles. The molecule has 0 aromatic heterocycles. The van der Waals surface area contributed by atoms with Gasteiger partial charge in [-0.25, -0.2) is 4.39 Å². The molecule has 1 aromatic rings. The molecule has 0 spiro atoms. The van der Waals surface area contributed by atoms with E-state index in [0.717, 1.165) is 31.5 Å². The predicted molar refractivity (Wildman–Crippen MR) is 66.0 cm³/mol. The van der Waals surface area contributed by atoms with Gasteiger partial charge in [-0.05, 0) is 44.5 Å². The Hall–Kier alpha value is -1.62. The van der Waals surface area contributed by atoms with E-state index in [2.05, 4.69) is 10.6 Å². The summed E-state index contributed by atoms with van der Waals surface area (Å²) in [6.07, 6.45) is 2.07. The number of halogens is 1. The molecule has 1 unspecified atom stereocenters. The van der Waals surface area contributed by atoms with Crippen molar-refractivity contribution in [2.45, 2.75) is 25.3 Å². The quantitative estimate of drug-likeness (QED) is 0.762. The van der Waals surface area contributed by atoms with Gasteiger partial charge in [-0.2, -0.15) is 0 Å². The standard InChI is InChI=1S/C13H17FN2O2/c1-13(5-2-6-16-13)8-15-12(18)10-7-9(14)3-4-11(10)17/h3-4,7,16-17H,2,5-6,8H2,1H3,(H,15,18). The fraction of sp³-hybridized carbons (Fsp3) is 0.462. The Kier molecular flexibility index (Phi) is 3.52. The second-order valence-corrected chi connectivity index (χ2v) is 4.94. The average molecular weight is 252 g/mol. The molecule has 4 nitrogen and oxygen atoms in total. The molecule has 1 heterocycles. The lowest BCUT2D eigenvalue weighted by Gasteiger charge is -2.24. The number of carbonyl (C=O) groups excluding carboxylic acids is 1. The predicted octanol–water partition coefficient (Wildman–Crippen LogP) is 1.40. The molecule has 5 heteroatoms. The number of phenolic OH excluding ortho intramolecular Hbond substituents is 1. The van der Waals surface area contributed by atoms with E-state index in [4.69, 9.17) is 0 Å². The summed E-state index contributed by atoms with van der Waals surface area (Å²) in [5.74, 6) is -1.21. The van der Waals surface area contributed by atoms with Crippen LogP contribution in [0, 0.1) is 5.82 Å². The Labute approximate surface area is 105 Å². The van der Waals surface area contributed by atoms with Crippen LogP contribution in [-0.4, -0.2) is 29.6 Å². The van der Waals surface area contributed by atoms with Crippen molar-refractivity contribution < 1.29 is 14.3 Å². The molecule has 98 valence electrons. The van der Waals surface area contributed by atoms with Gasteiger partial charge in [0.25, 0.3) is 5.91 Å². The molecule has 1 fully saturated rings. The minimum absolute atomic E-state index is 0.0309. The van der Waals surface area contributed by atoms with Crippen LogP contribution in [-0.2, 0) is 0 Å². The molecule has 0 radical (unpaired) electrons. The average Bonchev–Trinajstić information content (AvgIpc) is 2.77. The number of aromatic hydroxyl groups is 1. The van der Waals surface area contributed by atoms with E-state index in [-0.39, 0.29) is 16.9 Å². The summed E-state index contributed by atoms with van der Waals surface area (Å²) in [6, 6.07) is 3.33. The van der Waals surface area contributed by atoms with Crippen LogP contribution < -0.4 is 10.6 Å². The highest BCUT2D eigenvalue weighted by atomic mass is 19.1. The van der Waals surface area contributed by atoms with Crippen LogP contribution in [0.15, 0.2) is 18.2 Å². The summed E-state index contributed by atoms with van der Waals surface area (Å²) in [7, 11) is 0. The lowest BCUT2D eigenvalue weighted by atomic mass is 10.0. The fourth-order valence-electron chi connectivity index (χ4n) is 2.17. The molecule has 1 atom stereocenters. The van der Waals surface area contributed by atoms with Crippen LogP contribution in [0.1, 0.15) is 30.1 Å². The molecule has 18 heavy (non-hydrogen) atoms. The van der Waals surface area contributed by atoms with E-state index in [9.17, 15) is 14.3 Å². The van der Waals surface area contributed by atoms with Crippen LogP contribution in [0.5, 0.6) is 5.75 Å². The van der Waals surface area contributed by atoms with Crippen molar-refractivity contribution in [1.29, 1.82) is 0 Å². The number of amides is 1. The van der Waals surface area contributed by atoms with Crippen molar-refractivity contribution in [2.24, 2.45) is 0 Å². The number of phenols is 1. The van der Waals surface area contributed by atoms with Gasteiger partial charge in [0.2, 0.25) is 0 Å². The Morgan fingerprint density at radius 2 is 2.39 bits per heavy atom. The number of nitrogens with one attached hydrogen (secondary N) is 2. The van der Waals surface area contributed by atoms with Crippen molar-refractivity contribution in [3.05, 3.63) is 29.6 Å². The van der Waals surface area contributed by atoms with E-state index in [0.29, 0.717) is 6.54 Å². The van der Waals surface area contributed by atoms with Crippen LogP contribution in [0.4, 0.5) is 4.39 Å². The maximum absolute atomic E-state index is 13.0. The highest BCUT2D eigenvalue weighted by Gasteiger charge is 2.28. The van der Waals surface area contributed by atoms with Gasteiger partial charge in [-0.15, -0.1) is 0 Å². The van der Waals surface area contributed by atoms with Gasteiger partial charge in [-0.1, -0.05) is 0 Å². The van der Waals surface area contributed by atoms with Crippen molar-refractivity contribution in [3.63, 3.8) is 0 Å². The first-order chi connectivity index (χ1) is 8.50. The lowest BCUT2D eigenvalue weighted by molar-refractivity contribution is 0.0939. The number of benzene rings is 1. The first kappa shape index (κ1) is 12.8. The topological polar surface area (TPSA) is 61.4 Å². The first-order valence-corrected chi connectivity index (χ1v) is 6.02. The molecule has 0 aliphatic carbocycles. The highest BCUT2D eigenvalue weighted by molar-refractivity contribution is 5.96. The van der Waals surface area contributed by atoms with Gasteiger partial charge in [0.15, 0.2) is 0 Å². The van der Waals surface area contributed by atoms with Crippen molar-refractivity contribution in [2.75, 3.05) is 13.1 Å². The van der Waals surface area contributed by atoms with Crippen molar-refractivity contribution in [3.8, 4) is 5.75 Å². The van der Waals surface area contributed by atoms with Gasteiger partial charge in [-0.3, -0.25) is 4.79 Å². The molecule has 1 amide bonds. The summed E-state index contributed by atoms with van der Waals surface area (Å²) in [5.41, 5.74) is -0.143. The van der Waals surface area contributed by atoms with E-state index in [1.807, 2.05) is 6.92 Å². The largest absolute Gasteiger partial charge is 0.507 e. The van der Waals surface area contributed by atoms with E-state index in [1.54, 1.807) is 0 Å². The van der Waals surface area contributed by atoms with E-state index >= 15 is 0 Å². The Morgan fingerprint density at radius 1 is 1.61 bits per heavy atom. The smallest absolute Gasteiger partial charge is 0.255 e. The van der Waals surface area contributed by atoms with E-state index < -0.39 is 11.7 Å². The molecule has 0 saturated carbocycles. The van der Waals surface area contributed by atoms with Gasteiger partial charge in [0.1, 0.15) is 11.6 Å². The molecule has 2 rings (SSSR count). The molecule has 1 aliphatic rings. The molecular weight excluding hydrogens is 235 g/mol. The second kappa shape index (κ2) is 4.94. The van der Waals surface area contributed by atoms with E-state index in [1.165, 1.54) is 6.07 Å². The number of carbonyl (C=O) groups is 1.